The Morgan fingerprint density at radius 1 is 1.53 bits per heavy atom. The number of amides is 2. The minimum absolute atomic E-state index is 0.0564. The van der Waals surface area contributed by atoms with E-state index in [0.29, 0.717) is 37.7 Å². The van der Waals surface area contributed by atoms with Crippen LogP contribution in [0.1, 0.15) is 19.3 Å². The summed E-state index contributed by atoms with van der Waals surface area (Å²) in [4.78, 5) is 24.1. The second-order valence-corrected chi connectivity index (χ2v) is 5.63. The van der Waals surface area contributed by atoms with Gasteiger partial charge in [-0.1, -0.05) is 5.92 Å². The molecule has 106 valence electrons. The lowest BCUT2D eigenvalue weighted by Gasteiger charge is -2.17. The molecule has 0 bridgehead atoms. The number of terminal acetylenes is 1. The van der Waals surface area contributed by atoms with Crippen LogP contribution in [0.3, 0.4) is 0 Å². The number of likely N-dealkylation sites (tertiary alicyclic amines) is 1. The number of rotatable bonds is 7. The summed E-state index contributed by atoms with van der Waals surface area (Å²) in [6.45, 7) is 1.99. The molecule has 2 N–H and O–H groups in total. The van der Waals surface area contributed by atoms with Gasteiger partial charge in [0.15, 0.2) is 0 Å². The Bertz CT molecular complexity index is 354. The summed E-state index contributed by atoms with van der Waals surface area (Å²) in [7, 11) is 0. The standard InChI is InChI=1S/C13H20N2O3S/c1-2-8-19-9-6-14-13(18)15-7-5-11(10-15)3-4-12(16)17/h1,11H,3-10H2,(H,14,18)(H,16,17). The quantitative estimate of drug-likeness (QED) is 0.545. The predicted octanol–water partition coefficient (Wildman–Crippen LogP) is 1.25. The summed E-state index contributed by atoms with van der Waals surface area (Å²) < 4.78 is 0. The average molecular weight is 284 g/mol. The van der Waals surface area contributed by atoms with Crippen LogP contribution in [0.25, 0.3) is 0 Å². The third-order valence-electron chi connectivity index (χ3n) is 3.05. The van der Waals surface area contributed by atoms with Crippen molar-refractivity contribution in [2.24, 2.45) is 5.92 Å². The highest BCUT2D eigenvalue weighted by Gasteiger charge is 2.26. The number of carboxylic acid groups (broad SMARTS) is 1. The van der Waals surface area contributed by atoms with Gasteiger partial charge in [-0.2, -0.15) is 0 Å². The molecule has 1 aliphatic heterocycles. The number of thioether (sulfide) groups is 1. The third kappa shape index (κ3) is 6.39. The molecule has 0 spiro atoms. The first kappa shape index (κ1) is 15.7. The molecule has 0 aliphatic carbocycles. The Kier molecular flexibility index (Phi) is 7.19. The molecular weight excluding hydrogens is 264 g/mol. The van der Waals surface area contributed by atoms with Crippen molar-refractivity contribution in [3.63, 3.8) is 0 Å². The number of carbonyl (C=O) groups is 2. The SMILES string of the molecule is C#CCSCCNC(=O)N1CCC(CCC(=O)O)C1. The van der Waals surface area contributed by atoms with Crippen LogP contribution in [-0.4, -0.2) is 53.1 Å². The lowest BCUT2D eigenvalue weighted by Crippen LogP contribution is -2.39. The Balaban J connectivity index is 2.14. The molecule has 0 aromatic carbocycles. The van der Waals surface area contributed by atoms with E-state index in [0.717, 1.165) is 12.2 Å². The summed E-state index contributed by atoms with van der Waals surface area (Å²) in [6, 6.07) is -0.0564. The fraction of sp³-hybridized carbons (Fsp3) is 0.692. The van der Waals surface area contributed by atoms with E-state index >= 15 is 0 Å². The first-order valence-corrected chi connectivity index (χ1v) is 7.54. The molecule has 1 saturated heterocycles. The van der Waals surface area contributed by atoms with E-state index in [2.05, 4.69) is 11.2 Å². The summed E-state index contributed by atoms with van der Waals surface area (Å²) in [5.41, 5.74) is 0. The van der Waals surface area contributed by atoms with Crippen molar-refractivity contribution in [1.29, 1.82) is 0 Å². The van der Waals surface area contributed by atoms with Crippen LogP contribution in [-0.2, 0) is 4.79 Å². The maximum Gasteiger partial charge on any atom is 0.317 e. The van der Waals surface area contributed by atoms with Gasteiger partial charge in [0.05, 0.1) is 5.75 Å². The van der Waals surface area contributed by atoms with Crippen molar-refractivity contribution in [2.75, 3.05) is 31.1 Å². The minimum atomic E-state index is -0.770. The van der Waals surface area contributed by atoms with Crippen LogP contribution in [0.15, 0.2) is 0 Å². The van der Waals surface area contributed by atoms with E-state index in [1.54, 1.807) is 16.7 Å². The Morgan fingerprint density at radius 3 is 3.00 bits per heavy atom. The van der Waals surface area contributed by atoms with Crippen molar-refractivity contribution < 1.29 is 14.7 Å². The highest BCUT2D eigenvalue weighted by Crippen LogP contribution is 2.20. The minimum Gasteiger partial charge on any atom is -0.481 e. The van der Waals surface area contributed by atoms with Crippen LogP contribution in [0.2, 0.25) is 0 Å². The Hall–Kier alpha value is -1.35. The number of nitrogens with zero attached hydrogens (tertiary/aromatic N) is 1. The third-order valence-corrected chi connectivity index (χ3v) is 3.91. The average Bonchev–Trinajstić information content (AvgIpc) is 2.84. The van der Waals surface area contributed by atoms with Crippen LogP contribution in [0, 0.1) is 18.3 Å². The number of urea groups is 1. The second kappa shape index (κ2) is 8.70. The molecule has 5 nitrogen and oxygen atoms in total. The van der Waals surface area contributed by atoms with Gasteiger partial charge < -0.3 is 15.3 Å². The van der Waals surface area contributed by atoms with Gasteiger partial charge in [-0.3, -0.25) is 4.79 Å². The van der Waals surface area contributed by atoms with Crippen molar-refractivity contribution >= 4 is 23.8 Å². The van der Waals surface area contributed by atoms with E-state index < -0.39 is 5.97 Å². The largest absolute Gasteiger partial charge is 0.481 e. The molecule has 2 amide bonds. The van der Waals surface area contributed by atoms with Gasteiger partial charge in [-0.25, -0.2) is 4.79 Å². The second-order valence-electron chi connectivity index (χ2n) is 4.52. The molecular formula is C13H20N2O3S. The summed E-state index contributed by atoms with van der Waals surface area (Å²) in [5.74, 6) is 3.55. The van der Waals surface area contributed by atoms with E-state index in [1.807, 2.05) is 0 Å². The van der Waals surface area contributed by atoms with Crippen LogP contribution in [0.5, 0.6) is 0 Å². The fourth-order valence-electron chi connectivity index (χ4n) is 2.05. The molecule has 19 heavy (non-hydrogen) atoms. The number of nitrogens with one attached hydrogen (secondary N) is 1. The van der Waals surface area contributed by atoms with E-state index in [4.69, 9.17) is 11.5 Å². The number of carboxylic acids is 1. The Labute approximate surface area is 118 Å². The number of aliphatic carboxylic acids is 1. The lowest BCUT2D eigenvalue weighted by molar-refractivity contribution is -0.137. The maximum absolute atomic E-state index is 11.8. The Morgan fingerprint density at radius 2 is 2.32 bits per heavy atom. The highest BCUT2D eigenvalue weighted by atomic mass is 32.2. The highest BCUT2D eigenvalue weighted by molar-refractivity contribution is 7.99. The smallest absolute Gasteiger partial charge is 0.317 e. The zero-order valence-corrected chi connectivity index (χ0v) is 11.7. The topological polar surface area (TPSA) is 69.6 Å². The first-order chi connectivity index (χ1) is 9.13. The molecule has 1 aliphatic rings. The molecule has 0 radical (unpaired) electrons. The predicted molar refractivity (Wildman–Crippen MR) is 76.1 cm³/mol. The zero-order valence-electron chi connectivity index (χ0n) is 10.9. The fourth-order valence-corrected chi connectivity index (χ4v) is 2.56. The van der Waals surface area contributed by atoms with Crippen LogP contribution >= 0.6 is 11.8 Å². The molecule has 1 atom stereocenters. The first-order valence-electron chi connectivity index (χ1n) is 6.39. The molecule has 1 unspecified atom stereocenters. The maximum atomic E-state index is 11.8. The van der Waals surface area contributed by atoms with Gasteiger partial charge in [0, 0.05) is 31.8 Å². The molecule has 0 aromatic rings. The lowest BCUT2D eigenvalue weighted by atomic mass is 10.0. The van der Waals surface area contributed by atoms with E-state index in [-0.39, 0.29) is 12.5 Å². The summed E-state index contributed by atoms with van der Waals surface area (Å²) >= 11 is 1.62. The van der Waals surface area contributed by atoms with Gasteiger partial charge in [0.2, 0.25) is 0 Å². The van der Waals surface area contributed by atoms with Crippen molar-refractivity contribution in [3.8, 4) is 12.3 Å². The number of carbonyl (C=O) groups excluding carboxylic acids is 1. The summed E-state index contributed by atoms with van der Waals surface area (Å²) in [5, 5.41) is 11.5. The van der Waals surface area contributed by atoms with Gasteiger partial charge in [-0.05, 0) is 18.8 Å². The van der Waals surface area contributed by atoms with Gasteiger partial charge in [-0.15, -0.1) is 18.2 Å². The van der Waals surface area contributed by atoms with Crippen LogP contribution in [0.4, 0.5) is 4.79 Å². The van der Waals surface area contributed by atoms with Crippen molar-refractivity contribution in [1.82, 2.24) is 10.2 Å². The van der Waals surface area contributed by atoms with E-state index in [1.165, 1.54) is 0 Å². The molecule has 6 heteroatoms. The molecule has 1 rings (SSSR count). The van der Waals surface area contributed by atoms with Gasteiger partial charge in [0.1, 0.15) is 0 Å². The molecule has 0 saturated carbocycles. The zero-order chi connectivity index (χ0) is 14.1. The number of hydrogen-bond donors (Lipinski definition) is 2. The van der Waals surface area contributed by atoms with Crippen molar-refractivity contribution in [2.45, 2.75) is 19.3 Å². The monoisotopic (exact) mass is 284 g/mol. The molecule has 1 fully saturated rings. The van der Waals surface area contributed by atoms with Gasteiger partial charge >= 0.3 is 12.0 Å². The number of hydrogen-bond acceptors (Lipinski definition) is 3. The van der Waals surface area contributed by atoms with E-state index in [9.17, 15) is 9.59 Å². The summed E-state index contributed by atoms with van der Waals surface area (Å²) in [6.07, 6.45) is 6.86. The van der Waals surface area contributed by atoms with Crippen molar-refractivity contribution in [3.05, 3.63) is 0 Å². The molecule has 0 aromatic heterocycles. The normalized spacial score (nSPS) is 18.1. The van der Waals surface area contributed by atoms with Gasteiger partial charge in [0.25, 0.3) is 0 Å². The molecule has 1 heterocycles. The van der Waals surface area contributed by atoms with Crippen LogP contribution < -0.4 is 5.32 Å².